The number of aliphatic hydroxyl groups excluding tert-OH is 2. The van der Waals surface area contributed by atoms with E-state index in [2.05, 4.69) is 10.3 Å². The van der Waals surface area contributed by atoms with Crippen molar-refractivity contribution in [3.05, 3.63) is 77.5 Å². The van der Waals surface area contributed by atoms with Crippen molar-refractivity contribution < 1.29 is 32.9 Å². The predicted molar refractivity (Wildman–Crippen MR) is 111 cm³/mol. The maximum absolute atomic E-state index is 12.9. The van der Waals surface area contributed by atoms with Gasteiger partial charge in [0.2, 0.25) is 0 Å². The molecule has 0 aliphatic rings. The Hall–Kier alpha value is -3.94. The highest BCUT2D eigenvalue weighted by Gasteiger charge is 2.33. The van der Waals surface area contributed by atoms with Gasteiger partial charge in [0.15, 0.2) is 0 Å². The summed E-state index contributed by atoms with van der Waals surface area (Å²) in [5, 5.41) is 29.6. The third-order valence-electron chi connectivity index (χ3n) is 4.49. The van der Waals surface area contributed by atoms with Gasteiger partial charge in [-0.1, -0.05) is 6.07 Å². The molecule has 0 spiro atoms. The third kappa shape index (κ3) is 6.06. The molecule has 33 heavy (non-hydrogen) atoms. The van der Waals surface area contributed by atoms with Gasteiger partial charge in [-0.15, -0.1) is 0 Å². The number of amides is 1. The molecule has 1 aromatic heterocycles. The lowest BCUT2D eigenvalue weighted by Crippen LogP contribution is -2.34. The lowest BCUT2D eigenvalue weighted by atomic mass is 10.1. The maximum Gasteiger partial charge on any atom is 0.417 e. The lowest BCUT2D eigenvalue weighted by molar-refractivity contribution is -0.137. The second-order valence-corrected chi connectivity index (χ2v) is 6.90. The number of benzene rings is 2. The molecule has 3 N–H and O–H groups in total. The van der Waals surface area contributed by atoms with Crippen LogP contribution in [-0.2, 0) is 6.18 Å². The first kappa shape index (κ1) is 23.7. The van der Waals surface area contributed by atoms with Crippen molar-refractivity contribution in [1.82, 2.24) is 10.3 Å². The Balaban J connectivity index is 1.73. The summed E-state index contributed by atoms with van der Waals surface area (Å²) in [6.45, 7) is -0.600. The molecule has 2 aromatic carbocycles. The number of halogens is 3. The van der Waals surface area contributed by atoms with Gasteiger partial charge in [0, 0.05) is 12.1 Å². The predicted octanol–water partition coefficient (Wildman–Crippen LogP) is 3.51. The molecule has 0 fully saturated rings. The van der Waals surface area contributed by atoms with E-state index in [-0.39, 0.29) is 18.0 Å². The van der Waals surface area contributed by atoms with Crippen LogP contribution in [0.25, 0.3) is 11.3 Å². The largest absolute Gasteiger partial charge is 0.457 e. The van der Waals surface area contributed by atoms with E-state index in [4.69, 9.17) is 15.1 Å². The van der Waals surface area contributed by atoms with Crippen LogP contribution in [0.5, 0.6) is 11.5 Å². The van der Waals surface area contributed by atoms with E-state index in [9.17, 15) is 23.1 Å². The van der Waals surface area contributed by atoms with Crippen molar-refractivity contribution in [3.63, 3.8) is 0 Å². The highest BCUT2D eigenvalue weighted by molar-refractivity contribution is 5.92. The zero-order valence-electron chi connectivity index (χ0n) is 17.0. The Bertz CT molecular complexity index is 1170. The fourth-order valence-corrected chi connectivity index (χ4v) is 2.84. The topological polar surface area (TPSA) is 115 Å². The van der Waals surface area contributed by atoms with Gasteiger partial charge in [-0.05, 0) is 54.6 Å². The normalized spacial score (nSPS) is 12.0. The van der Waals surface area contributed by atoms with E-state index in [1.807, 2.05) is 0 Å². The van der Waals surface area contributed by atoms with Gasteiger partial charge in [0.1, 0.15) is 17.2 Å². The zero-order chi connectivity index (χ0) is 24.0. The van der Waals surface area contributed by atoms with Gasteiger partial charge in [0.05, 0.1) is 35.6 Å². The number of hydrogen-bond donors (Lipinski definition) is 3. The summed E-state index contributed by atoms with van der Waals surface area (Å²) in [5.74, 6) is -0.108. The molecule has 0 bridgehead atoms. The Labute approximate surface area is 186 Å². The number of nitriles is 1. The van der Waals surface area contributed by atoms with Gasteiger partial charge in [-0.3, -0.25) is 4.79 Å². The Morgan fingerprint density at radius 2 is 1.82 bits per heavy atom. The van der Waals surface area contributed by atoms with Crippen molar-refractivity contribution in [2.24, 2.45) is 0 Å². The fourth-order valence-electron chi connectivity index (χ4n) is 2.84. The highest BCUT2D eigenvalue weighted by atomic mass is 19.4. The molecule has 3 rings (SSSR count). The molecule has 170 valence electrons. The first-order valence-electron chi connectivity index (χ1n) is 9.65. The number of ether oxygens (including phenoxy) is 1. The van der Waals surface area contributed by atoms with E-state index >= 15 is 0 Å². The molecule has 1 atom stereocenters. The number of nitrogens with zero attached hydrogens (tertiary/aromatic N) is 2. The number of carbonyl (C=O) groups is 1. The molecule has 10 heteroatoms. The molecule has 0 radical (unpaired) electrons. The molecule has 7 nitrogen and oxygen atoms in total. The fraction of sp³-hybridized carbons (Fsp3) is 0.174. The summed E-state index contributed by atoms with van der Waals surface area (Å²) < 4.78 is 44.3. The van der Waals surface area contributed by atoms with Gasteiger partial charge in [-0.25, -0.2) is 4.98 Å². The van der Waals surface area contributed by atoms with Crippen molar-refractivity contribution in [2.45, 2.75) is 12.3 Å². The van der Waals surface area contributed by atoms with E-state index in [1.54, 1.807) is 36.4 Å². The van der Waals surface area contributed by atoms with Gasteiger partial charge in [0.25, 0.3) is 5.91 Å². The summed E-state index contributed by atoms with van der Waals surface area (Å²) in [4.78, 5) is 16.4. The Kier molecular flexibility index (Phi) is 7.27. The summed E-state index contributed by atoms with van der Waals surface area (Å²) in [6, 6.07) is 15.8. The van der Waals surface area contributed by atoms with Crippen LogP contribution in [-0.4, -0.2) is 40.4 Å². The molecular weight excluding hydrogens is 439 g/mol. The van der Waals surface area contributed by atoms with Crippen molar-refractivity contribution in [3.8, 4) is 28.8 Å². The van der Waals surface area contributed by atoms with Crippen LogP contribution in [0.4, 0.5) is 13.2 Å². The Morgan fingerprint density at radius 3 is 2.45 bits per heavy atom. The van der Waals surface area contributed by atoms with Crippen LogP contribution >= 0.6 is 0 Å². The first-order chi connectivity index (χ1) is 15.7. The van der Waals surface area contributed by atoms with Crippen LogP contribution in [0.15, 0.2) is 60.7 Å². The third-order valence-corrected chi connectivity index (χ3v) is 4.49. The number of pyridine rings is 1. The van der Waals surface area contributed by atoms with Crippen molar-refractivity contribution >= 4 is 5.91 Å². The SMILES string of the molecule is N#Cc1cc(Oc2ccc(-c3cccc(C(=O)NCC(O)CO)n3)cc2)ccc1C(F)(F)F. The maximum atomic E-state index is 12.9. The number of nitrogens with one attached hydrogen (secondary N) is 1. The van der Waals surface area contributed by atoms with Crippen molar-refractivity contribution in [2.75, 3.05) is 13.2 Å². The van der Waals surface area contributed by atoms with Crippen LogP contribution in [0.2, 0.25) is 0 Å². The molecule has 0 saturated carbocycles. The van der Waals surface area contributed by atoms with E-state index in [0.717, 1.165) is 18.2 Å². The van der Waals surface area contributed by atoms with Gasteiger partial charge in [-0.2, -0.15) is 18.4 Å². The first-order valence-corrected chi connectivity index (χ1v) is 9.65. The number of hydrogen-bond acceptors (Lipinski definition) is 6. The minimum atomic E-state index is -4.64. The standard InChI is InChI=1S/C23H18F3N3O4/c24-23(25,26)19-9-8-18(10-15(19)11-27)33-17-6-4-14(5-7-17)20-2-1-3-21(29-20)22(32)28-12-16(31)13-30/h1-10,16,30-31H,12-13H2,(H,28,32). The molecule has 0 aliphatic heterocycles. The molecule has 1 heterocycles. The number of carbonyl (C=O) groups excluding carboxylic acids is 1. The van der Waals surface area contributed by atoms with E-state index in [1.165, 1.54) is 12.1 Å². The van der Waals surface area contributed by atoms with Crippen LogP contribution in [0, 0.1) is 11.3 Å². The minimum absolute atomic E-state index is 0.0779. The van der Waals surface area contributed by atoms with Gasteiger partial charge < -0.3 is 20.3 Å². The molecule has 1 unspecified atom stereocenters. The lowest BCUT2D eigenvalue weighted by Gasteiger charge is -2.11. The minimum Gasteiger partial charge on any atom is -0.457 e. The number of aliphatic hydroxyl groups is 2. The average Bonchev–Trinajstić information content (AvgIpc) is 2.82. The zero-order valence-corrected chi connectivity index (χ0v) is 17.0. The van der Waals surface area contributed by atoms with Crippen LogP contribution < -0.4 is 10.1 Å². The number of alkyl halides is 3. The summed E-state index contributed by atoms with van der Waals surface area (Å²) in [5.41, 5.74) is -0.321. The van der Waals surface area contributed by atoms with E-state index < -0.39 is 35.9 Å². The average molecular weight is 457 g/mol. The van der Waals surface area contributed by atoms with Crippen molar-refractivity contribution in [1.29, 1.82) is 5.26 Å². The molecular formula is C23H18F3N3O4. The highest BCUT2D eigenvalue weighted by Crippen LogP contribution is 2.34. The smallest absolute Gasteiger partial charge is 0.417 e. The quantitative estimate of drug-likeness (QED) is 0.500. The summed E-state index contributed by atoms with van der Waals surface area (Å²) in [7, 11) is 0. The summed E-state index contributed by atoms with van der Waals surface area (Å²) >= 11 is 0. The molecule has 1 amide bonds. The number of rotatable bonds is 7. The molecule has 3 aromatic rings. The Morgan fingerprint density at radius 1 is 1.12 bits per heavy atom. The number of aromatic nitrogens is 1. The molecule has 0 aliphatic carbocycles. The second-order valence-electron chi connectivity index (χ2n) is 6.90. The molecule has 0 saturated heterocycles. The summed E-state index contributed by atoms with van der Waals surface area (Å²) in [6.07, 6.45) is -5.71. The second kappa shape index (κ2) is 10.1. The van der Waals surface area contributed by atoms with E-state index in [0.29, 0.717) is 17.0 Å². The van der Waals surface area contributed by atoms with Crippen LogP contribution in [0.1, 0.15) is 21.6 Å². The monoisotopic (exact) mass is 457 g/mol. The van der Waals surface area contributed by atoms with Crippen LogP contribution in [0.3, 0.4) is 0 Å². The van der Waals surface area contributed by atoms with Gasteiger partial charge >= 0.3 is 6.18 Å².